The second-order valence-electron chi connectivity index (χ2n) is 8.01. The van der Waals surface area contributed by atoms with Crippen molar-refractivity contribution in [2.24, 2.45) is 17.6 Å². The van der Waals surface area contributed by atoms with Gasteiger partial charge in [0.25, 0.3) is 0 Å². The summed E-state index contributed by atoms with van der Waals surface area (Å²) < 4.78 is 5.87. The van der Waals surface area contributed by atoms with Crippen LogP contribution in [0.25, 0.3) is 0 Å². The number of carbonyl (C=O) groups is 2. The number of ether oxygens (including phenoxy) is 1. The van der Waals surface area contributed by atoms with E-state index in [1.54, 1.807) is 34.6 Å². The number of primary amides is 1. The molecule has 2 N–H and O–H groups in total. The van der Waals surface area contributed by atoms with Crippen LogP contribution < -0.4 is 10.5 Å². The van der Waals surface area contributed by atoms with E-state index in [1.807, 2.05) is 18.4 Å². The number of nitrogens with two attached hydrogens (primary N) is 1. The lowest BCUT2D eigenvalue weighted by molar-refractivity contribution is -0.183. The predicted molar refractivity (Wildman–Crippen MR) is 113 cm³/mol. The van der Waals surface area contributed by atoms with Gasteiger partial charge in [0.2, 0.25) is 11.8 Å². The third kappa shape index (κ3) is 4.65. The fourth-order valence-corrected chi connectivity index (χ4v) is 4.86. The molecule has 0 spiro atoms. The van der Waals surface area contributed by atoms with Crippen molar-refractivity contribution in [2.75, 3.05) is 13.2 Å². The lowest BCUT2D eigenvalue weighted by atomic mass is 9.81. The van der Waals surface area contributed by atoms with E-state index >= 15 is 0 Å². The Morgan fingerprint density at radius 1 is 1.27 bits per heavy atom. The van der Waals surface area contributed by atoms with Gasteiger partial charge in [-0.05, 0) is 56.7 Å². The van der Waals surface area contributed by atoms with Crippen LogP contribution in [0.2, 0.25) is 0 Å². The molecule has 2 aliphatic rings. The van der Waals surface area contributed by atoms with Crippen molar-refractivity contribution in [3.63, 3.8) is 0 Å². The number of hydrogen-bond acceptors (Lipinski definition) is 6. The van der Waals surface area contributed by atoms with Gasteiger partial charge in [0, 0.05) is 23.3 Å². The summed E-state index contributed by atoms with van der Waals surface area (Å²) in [7, 11) is 0. The Morgan fingerprint density at radius 2 is 2.07 bits per heavy atom. The van der Waals surface area contributed by atoms with Crippen molar-refractivity contribution in [2.45, 2.75) is 45.1 Å². The minimum Gasteiger partial charge on any atom is -0.493 e. The van der Waals surface area contributed by atoms with Gasteiger partial charge in [-0.25, -0.2) is 10.0 Å². The summed E-state index contributed by atoms with van der Waals surface area (Å²) >= 11 is 1.60. The number of thiazole rings is 1. The second-order valence-corrected chi connectivity index (χ2v) is 9.08. The first kappa shape index (κ1) is 20.8. The van der Waals surface area contributed by atoms with Gasteiger partial charge in [0.15, 0.2) is 0 Å². The quantitative estimate of drug-likeness (QED) is 0.756. The Labute approximate surface area is 180 Å². The van der Waals surface area contributed by atoms with E-state index in [9.17, 15) is 9.59 Å². The molecule has 1 saturated carbocycles. The Bertz CT molecular complexity index is 907. The molecule has 0 radical (unpaired) electrons. The average Bonchev–Trinajstić information content (AvgIpc) is 3.41. The molecule has 1 aromatic heterocycles. The first-order valence-electron chi connectivity index (χ1n) is 10.4. The zero-order valence-electron chi connectivity index (χ0n) is 17.1. The maximum absolute atomic E-state index is 13.1. The topological polar surface area (TPSA) is 94.8 Å². The van der Waals surface area contributed by atoms with Crippen molar-refractivity contribution in [3.8, 4) is 5.75 Å². The van der Waals surface area contributed by atoms with Crippen LogP contribution in [0.1, 0.15) is 59.2 Å². The molecule has 1 saturated heterocycles. The molecule has 4 rings (SSSR count). The number of hydrogen-bond donors (Lipinski definition) is 1. The van der Waals surface area contributed by atoms with Gasteiger partial charge in [-0.1, -0.05) is 6.07 Å². The maximum atomic E-state index is 13.1. The van der Waals surface area contributed by atoms with Crippen molar-refractivity contribution >= 4 is 23.2 Å². The maximum Gasteiger partial charge on any atom is 0.249 e. The standard InChI is InChI=1S/C22H27N3O4S/c1-14-24-19(13-30-14)20-9-10-29-25(20)22(27)16-7-5-15(6-8-16)12-28-18-4-2-3-17(11-18)21(23)26/h2-4,11,13,15-16,20H,5-10,12H2,1H3,(H2,23,26)/t15-,16-,20-/m0/s1. The largest absolute Gasteiger partial charge is 0.493 e. The summed E-state index contributed by atoms with van der Waals surface area (Å²) in [5.74, 6) is 0.644. The molecule has 0 unspecified atom stereocenters. The highest BCUT2D eigenvalue weighted by molar-refractivity contribution is 7.09. The van der Waals surface area contributed by atoms with Crippen LogP contribution in [0.15, 0.2) is 29.6 Å². The Hall–Kier alpha value is -2.45. The smallest absolute Gasteiger partial charge is 0.249 e. The van der Waals surface area contributed by atoms with Gasteiger partial charge < -0.3 is 10.5 Å². The molecule has 0 bridgehead atoms. The van der Waals surface area contributed by atoms with Gasteiger partial charge in [0.05, 0.1) is 23.9 Å². The molecule has 160 valence electrons. The third-order valence-corrected chi connectivity index (χ3v) is 6.69. The monoisotopic (exact) mass is 429 g/mol. The summed E-state index contributed by atoms with van der Waals surface area (Å²) in [4.78, 5) is 34.6. The van der Waals surface area contributed by atoms with Crippen LogP contribution >= 0.6 is 11.3 Å². The molecule has 8 heteroatoms. The van der Waals surface area contributed by atoms with E-state index in [4.69, 9.17) is 15.3 Å². The lowest BCUT2D eigenvalue weighted by Crippen LogP contribution is -2.37. The highest BCUT2D eigenvalue weighted by atomic mass is 32.1. The fraction of sp³-hybridized carbons (Fsp3) is 0.500. The number of aryl methyl sites for hydroxylation is 1. The van der Waals surface area contributed by atoms with Crippen LogP contribution in [0.4, 0.5) is 0 Å². The molecule has 1 aliphatic heterocycles. The van der Waals surface area contributed by atoms with E-state index in [2.05, 4.69) is 4.98 Å². The van der Waals surface area contributed by atoms with E-state index in [-0.39, 0.29) is 17.9 Å². The molecule has 30 heavy (non-hydrogen) atoms. The van der Waals surface area contributed by atoms with E-state index in [1.165, 1.54) is 0 Å². The van der Waals surface area contributed by atoms with Crippen LogP contribution in [0.5, 0.6) is 5.75 Å². The third-order valence-electron chi connectivity index (χ3n) is 5.90. The number of aromatic nitrogens is 1. The summed E-state index contributed by atoms with van der Waals surface area (Å²) in [5, 5.41) is 4.60. The van der Waals surface area contributed by atoms with Crippen molar-refractivity contribution < 1.29 is 19.2 Å². The van der Waals surface area contributed by atoms with Gasteiger partial charge in [-0.3, -0.25) is 14.4 Å². The minimum absolute atomic E-state index is 0.0141. The SMILES string of the molecule is Cc1nc([C@@H]2CCON2C(=O)[C@H]2CC[C@H](COc3cccc(C(N)=O)c3)CC2)cs1. The molecule has 2 amide bonds. The van der Waals surface area contributed by atoms with Gasteiger partial charge in [0.1, 0.15) is 11.8 Å². The second kappa shape index (κ2) is 9.14. The number of amides is 2. The summed E-state index contributed by atoms with van der Waals surface area (Å²) in [5.41, 5.74) is 6.70. The normalized spacial score (nSPS) is 24.0. The first-order chi connectivity index (χ1) is 14.5. The fourth-order valence-electron chi connectivity index (χ4n) is 4.20. The summed E-state index contributed by atoms with van der Waals surface area (Å²) in [6.45, 7) is 3.11. The highest BCUT2D eigenvalue weighted by Gasteiger charge is 2.38. The average molecular weight is 430 g/mol. The van der Waals surface area contributed by atoms with E-state index in [0.29, 0.717) is 30.4 Å². The molecule has 7 nitrogen and oxygen atoms in total. The highest BCUT2D eigenvalue weighted by Crippen LogP contribution is 2.36. The minimum atomic E-state index is -0.463. The van der Waals surface area contributed by atoms with Gasteiger partial charge in [-0.2, -0.15) is 0 Å². The van der Waals surface area contributed by atoms with Crippen molar-refractivity contribution in [1.29, 1.82) is 0 Å². The van der Waals surface area contributed by atoms with Crippen LogP contribution in [0, 0.1) is 18.8 Å². The summed E-state index contributed by atoms with van der Waals surface area (Å²) in [6.07, 6.45) is 4.32. The number of benzene rings is 1. The molecule has 2 aromatic rings. The molecule has 2 heterocycles. The van der Waals surface area contributed by atoms with E-state index < -0.39 is 5.91 Å². The Balaban J connectivity index is 1.28. The Morgan fingerprint density at radius 3 is 2.77 bits per heavy atom. The molecule has 1 aromatic carbocycles. The lowest BCUT2D eigenvalue weighted by Gasteiger charge is -2.31. The Kier molecular flexibility index (Phi) is 6.34. The number of hydroxylamine groups is 2. The van der Waals surface area contributed by atoms with Crippen molar-refractivity contribution in [1.82, 2.24) is 10.0 Å². The zero-order valence-corrected chi connectivity index (χ0v) is 17.9. The van der Waals surface area contributed by atoms with Crippen LogP contribution in [-0.4, -0.2) is 35.1 Å². The molecular weight excluding hydrogens is 402 g/mol. The van der Waals surface area contributed by atoms with Crippen LogP contribution in [0.3, 0.4) is 0 Å². The van der Waals surface area contributed by atoms with Crippen LogP contribution in [-0.2, 0) is 9.63 Å². The molecule has 2 fully saturated rings. The number of rotatable bonds is 6. The molecular formula is C22H27N3O4S. The predicted octanol–water partition coefficient (Wildman–Crippen LogP) is 3.64. The van der Waals surface area contributed by atoms with E-state index in [0.717, 1.165) is 42.8 Å². The van der Waals surface area contributed by atoms with Gasteiger partial charge in [-0.15, -0.1) is 11.3 Å². The summed E-state index contributed by atoms with van der Waals surface area (Å²) in [6, 6.07) is 6.87. The number of carbonyl (C=O) groups excluding carboxylic acids is 2. The van der Waals surface area contributed by atoms with Crippen molar-refractivity contribution in [3.05, 3.63) is 45.9 Å². The molecule has 1 atom stereocenters. The number of nitrogens with zero attached hydrogens (tertiary/aromatic N) is 2. The van der Waals surface area contributed by atoms with Gasteiger partial charge >= 0.3 is 0 Å². The first-order valence-corrected chi connectivity index (χ1v) is 11.3. The zero-order chi connectivity index (χ0) is 21.1. The molecule has 1 aliphatic carbocycles.